The molecule has 1 aromatic heterocycles. The van der Waals surface area contributed by atoms with Gasteiger partial charge in [-0.2, -0.15) is 0 Å². The van der Waals surface area contributed by atoms with Gasteiger partial charge in [0.1, 0.15) is 10.7 Å². The summed E-state index contributed by atoms with van der Waals surface area (Å²) in [5.74, 6) is -0.527. The van der Waals surface area contributed by atoms with Crippen LogP contribution in [0.3, 0.4) is 0 Å². The van der Waals surface area contributed by atoms with Gasteiger partial charge in [-0.05, 0) is 18.2 Å². The van der Waals surface area contributed by atoms with Crippen LogP contribution in [0.15, 0.2) is 29.3 Å². The first kappa shape index (κ1) is 11.6. The van der Waals surface area contributed by atoms with E-state index >= 15 is 0 Å². The van der Waals surface area contributed by atoms with Crippen molar-refractivity contribution in [2.24, 2.45) is 0 Å². The molecule has 2 aromatic rings. The van der Waals surface area contributed by atoms with Crippen molar-refractivity contribution < 1.29 is 12.8 Å². The highest BCUT2D eigenvalue weighted by Crippen LogP contribution is 2.30. The van der Waals surface area contributed by atoms with Crippen LogP contribution in [0.5, 0.6) is 0 Å². The van der Waals surface area contributed by atoms with Gasteiger partial charge in [0.05, 0.1) is 10.5 Å². The van der Waals surface area contributed by atoms with E-state index in [9.17, 15) is 12.8 Å². The third-order valence-electron chi connectivity index (χ3n) is 1.99. The monoisotopic (exact) mass is 279 g/mol. The zero-order chi connectivity index (χ0) is 11.9. The minimum Gasteiger partial charge on any atom is -0.255 e. The van der Waals surface area contributed by atoms with E-state index in [2.05, 4.69) is 4.98 Å². The van der Waals surface area contributed by atoms with Gasteiger partial charge in [0.15, 0.2) is 0 Å². The molecule has 0 aliphatic heterocycles. The third kappa shape index (κ3) is 1.98. The molecule has 0 N–H and O–H groups in total. The standard InChI is InChI=1S/C9H4Cl2FNO2S/c10-9-6-3-5(12)1-2-7(6)13-4-8(9)16(11,14)15/h1-4H. The number of pyridine rings is 1. The molecule has 0 amide bonds. The molecule has 1 heterocycles. The molecule has 0 fully saturated rings. The zero-order valence-electron chi connectivity index (χ0n) is 7.62. The van der Waals surface area contributed by atoms with Crippen LogP contribution >= 0.6 is 22.3 Å². The van der Waals surface area contributed by atoms with Crippen LogP contribution in [0.4, 0.5) is 4.39 Å². The number of nitrogens with zero attached hydrogens (tertiary/aromatic N) is 1. The van der Waals surface area contributed by atoms with Crippen molar-refractivity contribution in [1.29, 1.82) is 0 Å². The topological polar surface area (TPSA) is 47.0 Å². The SMILES string of the molecule is O=S(=O)(Cl)c1cnc2ccc(F)cc2c1Cl. The molecule has 84 valence electrons. The Balaban J connectivity index is 2.89. The van der Waals surface area contributed by atoms with Gasteiger partial charge in [-0.3, -0.25) is 4.98 Å². The van der Waals surface area contributed by atoms with E-state index in [1.807, 2.05) is 0 Å². The molecule has 0 aliphatic rings. The van der Waals surface area contributed by atoms with Crippen LogP contribution in [0.2, 0.25) is 5.02 Å². The fraction of sp³-hybridized carbons (Fsp3) is 0. The maximum Gasteiger partial charge on any atom is 0.264 e. The van der Waals surface area contributed by atoms with E-state index in [4.69, 9.17) is 22.3 Å². The Morgan fingerprint density at radius 1 is 1.31 bits per heavy atom. The van der Waals surface area contributed by atoms with Gasteiger partial charge in [-0.1, -0.05) is 11.6 Å². The fourth-order valence-corrected chi connectivity index (χ4v) is 2.76. The Morgan fingerprint density at radius 2 is 2.00 bits per heavy atom. The molecule has 0 atom stereocenters. The van der Waals surface area contributed by atoms with Crippen LogP contribution in [-0.4, -0.2) is 13.4 Å². The second-order valence-electron chi connectivity index (χ2n) is 3.04. The molecule has 2 rings (SSSR count). The molecule has 0 spiro atoms. The highest BCUT2D eigenvalue weighted by atomic mass is 35.7. The Bertz CT molecular complexity index is 673. The molecule has 0 saturated heterocycles. The number of rotatable bonds is 1. The van der Waals surface area contributed by atoms with Crippen molar-refractivity contribution in [1.82, 2.24) is 4.98 Å². The van der Waals surface area contributed by atoms with E-state index in [0.29, 0.717) is 5.52 Å². The first-order valence-corrected chi connectivity index (χ1v) is 6.77. The van der Waals surface area contributed by atoms with Crippen LogP contribution in [-0.2, 0) is 9.05 Å². The molecule has 0 saturated carbocycles. The molecular weight excluding hydrogens is 276 g/mol. The van der Waals surface area contributed by atoms with Crippen LogP contribution in [0, 0.1) is 5.82 Å². The van der Waals surface area contributed by atoms with Gasteiger partial charge in [0, 0.05) is 22.3 Å². The maximum atomic E-state index is 13.0. The van der Waals surface area contributed by atoms with E-state index in [1.54, 1.807) is 0 Å². The van der Waals surface area contributed by atoms with Gasteiger partial charge in [0.2, 0.25) is 0 Å². The van der Waals surface area contributed by atoms with Crippen molar-refractivity contribution in [2.45, 2.75) is 4.90 Å². The predicted molar refractivity (Wildman–Crippen MR) is 59.7 cm³/mol. The quantitative estimate of drug-likeness (QED) is 0.754. The summed E-state index contributed by atoms with van der Waals surface area (Å²) in [5.41, 5.74) is 0.399. The highest BCUT2D eigenvalue weighted by Gasteiger charge is 2.17. The van der Waals surface area contributed by atoms with Crippen LogP contribution in [0.1, 0.15) is 0 Å². The number of halogens is 3. The Labute approximate surface area is 100 Å². The molecule has 16 heavy (non-hydrogen) atoms. The Kier molecular flexibility index (Phi) is 2.77. The molecule has 7 heteroatoms. The Hall–Kier alpha value is -0.910. The fourth-order valence-electron chi connectivity index (χ4n) is 1.28. The number of aromatic nitrogens is 1. The lowest BCUT2D eigenvalue weighted by molar-refractivity contribution is 0.609. The van der Waals surface area contributed by atoms with E-state index in [0.717, 1.165) is 12.3 Å². The number of hydrogen-bond acceptors (Lipinski definition) is 3. The number of benzene rings is 1. The minimum absolute atomic E-state index is 0.125. The average molecular weight is 280 g/mol. The first-order valence-electron chi connectivity index (χ1n) is 4.08. The molecule has 0 aliphatic carbocycles. The summed E-state index contributed by atoms with van der Waals surface area (Å²) in [7, 11) is 1.18. The van der Waals surface area contributed by atoms with E-state index in [-0.39, 0.29) is 15.3 Å². The maximum absolute atomic E-state index is 13.0. The van der Waals surface area contributed by atoms with Gasteiger partial charge < -0.3 is 0 Å². The van der Waals surface area contributed by atoms with Crippen molar-refractivity contribution in [3.63, 3.8) is 0 Å². The van der Waals surface area contributed by atoms with E-state index in [1.165, 1.54) is 12.1 Å². The van der Waals surface area contributed by atoms with Gasteiger partial charge in [-0.25, -0.2) is 12.8 Å². The van der Waals surface area contributed by atoms with Crippen molar-refractivity contribution in [2.75, 3.05) is 0 Å². The highest BCUT2D eigenvalue weighted by molar-refractivity contribution is 8.13. The minimum atomic E-state index is -3.98. The largest absolute Gasteiger partial charge is 0.264 e. The zero-order valence-corrected chi connectivity index (χ0v) is 9.94. The summed E-state index contributed by atoms with van der Waals surface area (Å²) in [5, 5.41) is 0.0860. The lowest BCUT2D eigenvalue weighted by Gasteiger charge is -2.03. The second kappa shape index (κ2) is 3.84. The van der Waals surface area contributed by atoms with Gasteiger partial charge in [0.25, 0.3) is 9.05 Å². The molecule has 0 bridgehead atoms. The molecule has 1 aromatic carbocycles. The van der Waals surface area contributed by atoms with Crippen LogP contribution in [0.25, 0.3) is 10.9 Å². The summed E-state index contributed by atoms with van der Waals surface area (Å²) in [6.45, 7) is 0. The molecule has 0 radical (unpaired) electrons. The first-order chi connectivity index (χ1) is 7.39. The lowest BCUT2D eigenvalue weighted by atomic mass is 10.2. The summed E-state index contributed by atoms with van der Waals surface area (Å²) < 4.78 is 35.2. The summed E-state index contributed by atoms with van der Waals surface area (Å²) in [6.07, 6.45) is 1.05. The Morgan fingerprint density at radius 3 is 2.62 bits per heavy atom. The summed E-state index contributed by atoms with van der Waals surface area (Å²) >= 11 is 5.83. The van der Waals surface area contributed by atoms with Gasteiger partial charge >= 0.3 is 0 Å². The number of fused-ring (bicyclic) bond motifs is 1. The number of hydrogen-bond donors (Lipinski definition) is 0. The van der Waals surface area contributed by atoms with Crippen molar-refractivity contribution in [3.8, 4) is 0 Å². The average Bonchev–Trinajstić information content (AvgIpc) is 2.17. The normalized spacial score (nSPS) is 11.9. The van der Waals surface area contributed by atoms with Gasteiger partial charge in [-0.15, -0.1) is 0 Å². The molecular formula is C9H4Cl2FNO2S. The molecule has 0 unspecified atom stereocenters. The molecule has 3 nitrogen and oxygen atoms in total. The van der Waals surface area contributed by atoms with Crippen molar-refractivity contribution >= 4 is 42.2 Å². The van der Waals surface area contributed by atoms with Crippen LogP contribution < -0.4 is 0 Å². The predicted octanol–water partition coefficient (Wildman–Crippen LogP) is 2.95. The third-order valence-corrected chi connectivity index (χ3v) is 3.85. The second-order valence-corrected chi connectivity index (χ2v) is 5.95. The lowest BCUT2D eigenvalue weighted by Crippen LogP contribution is -1.94. The summed E-state index contributed by atoms with van der Waals surface area (Å²) in [4.78, 5) is 3.51. The van der Waals surface area contributed by atoms with Crippen molar-refractivity contribution in [3.05, 3.63) is 35.2 Å². The smallest absolute Gasteiger partial charge is 0.255 e. The summed E-state index contributed by atoms with van der Waals surface area (Å²) in [6, 6.07) is 3.72. The van der Waals surface area contributed by atoms with E-state index < -0.39 is 14.9 Å².